The average Bonchev–Trinajstić information content (AvgIpc) is 2.43. The molecule has 0 aromatic heterocycles. The summed E-state index contributed by atoms with van der Waals surface area (Å²) in [6.45, 7) is 8.70. The Balaban J connectivity index is 2.31. The van der Waals surface area contributed by atoms with Gasteiger partial charge in [-0.3, -0.25) is 8.98 Å². The monoisotopic (exact) mass is 381 g/mol. The Hall–Kier alpha value is -1.40. The van der Waals surface area contributed by atoms with Crippen LogP contribution in [0.4, 0.5) is 0 Å². The molecule has 0 saturated carbocycles. The maximum atomic E-state index is 12.8. The second kappa shape index (κ2) is 7.69. The molecule has 0 bridgehead atoms. The molecule has 1 amide bonds. The summed E-state index contributed by atoms with van der Waals surface area (Å²) < 4.78 is 27.5. The van der Waals surface area contributed by atoms with E-state index in [1.807, 2.05) is 24.3 Å². The topological polar surface area (TPSA) is 72.5 Å². The molecule has 146 valence electrons. The van der Waals surface area contributed by atoms with Crippen molar-refractivity contribution in [2.75, 3.05) is 12.9 Å². The molecule has 1 unspecified atom stereocenters. The summed E-state index contributed by atoms with van der Waals surface area (Å²) in [6.07, 6.45) is 4.24. The van der Waals surface area contributed by atoms with Crippen LogP contribution in [0.25, 0.3) is 0 Å². The molecule has 0 aliphatic carbocycles. The van der Waals surface area contributed by atoms with Crippen molar-refractivity contribution in [3.8, 4) is 0 Å². The van der Waals surface area contributed by atoms with Gasteiger partial charge < -0.3 is 5.32 Å². The highest BCUT2D eigenvalue weighted by molar-refractivity contribution is 7.85. The van der Waals surface area contributed by atoms with Gasteiger partial charge in [-0.1, -0.05) is 32.0 Å². The molecule has 0 saturated heterocycles. The standard InChI is InChI=1S/C20H31NO4S/c1-19(2)13-15(10-11-25-26(5,23)24)12-16-8-6-7-9-17(16)18(22)21-20(3,4)14-19/h6-9,15H,10-14H2,1-5H3,(H,21,22). The van der Waals surface area contributed by atoms with E-state index in [1.165, 1.54) is 0 Å². The van der Waals surface area contributed by atoms with E-state index in [4.69, 9.17) is 4.18 Å². The molecule has 1 aromatic carbocycles. The third-order valence-electron chi connectivity index (χ3n) is 4.81. The van der Waals surface area contributed by atoms with Gasteiger partial charge in [0.25, 0.3) is 16.0 Å². The molecule has 1 aliphatic heterocycles. The van der Waals surface area contributed by atoms with Crippen LogP contribution in [0.3, 0.4) is 0 Å². The molecule has 1 aromatic rings. The molecule has 0 radical (unpaired) electrons. The lowest BCUT2D eigenvalue weighted by Crippen LogP contribution is -2.47. The molecule has 1 heterocycles. The van der Waals surface area contributed by atoms with Crippen molar-refractivity contribution in [2.45, 2.75) is 58.9 Å². The first-order chi connectivity index (χ1) is 11.9. The summed E-state index contributed by atoms with van der Waals surface area (Å²) in [7, 11) is -3.44. The van der Waals surface area contributed by atoms with Crippen LogP contribution in [0.1, 0.15) is 62.9 Å². The van der Waals surface area contributed by atoms with Crippen molar-refractivity contribution in [1.29, 1.82) is 0 Å². The first-order valence-corrected chi connectivity index (χ1v) is 10.9. The quantitative estimate of drug-likeness (QED) is 0.810. The fourth-order valence-corrected chi connectivity index (χ4v) is 4.74. The maximum absolute atomic E-state index is 12.8. The fourth-order valence-electron chi connectivity index (χ4n) is 4.34. The van der Waals surface area contributed by atoms with Gasteiger partial charge in [-0.2, -0.15) is 8.42 Å². The minimum Gasteiger partial charge on any atom is -0.347 e. The van der Waals surface area contributed by atoms with Crippen LogP contribution in [-0.2, 0) is 20.7 Å². The summed E-state index contributed by atoms with van der Waals surface area (Å²) in [5.74, 6) is 0.198. The minimum atomic E-state index is -3.44. The molecule has 0 fully saturated rings. The Bertz CT molecular complexity index is 753. The SMILES string of the molecule is CC1(C)CC(CCOS(C)(=O)=O)Cc2ccccc2C(=O)NC(C)(C)C1. The Morgan fingerprint density at radius 2 is 1.85 bits per heavy atom. The number of fused-ring (bicyclic) bond motifs is 1. The van der Waals surface area contributed by atoms with Gasteiger partial charge in [0, 0.05) is 11.1 Å². The number of carbonyl (C=O) groups is 1. The van der Waals surface area contributed by atoms with Crippen molar-refractivity contribution >= 4 is 16.0 Å². The molecule has 5 nitrogen and oxygen atoms in total. The summed E-state index contributed by atoms with van der Waals surface area (Å²) in [6, 6.07) is 7.67. The fraction of sp³-hybridized carbons (Fsp3) is 0.650. The van der Waals surface area contributed by atoms with Gasteiger partial charge in [-0.05, 0) is 62.5 Å². The van der Waals surface area contributed by atoms with Crippen molar-refractivity contribution in [1.82, 2.24) is 5.32 Å². The van der Waals surface area contributed by atoms with Crippen molar-refractivity contribution < 1.29 is 17.4 Å². The predicted molar refractivity (Wildman–Crippen MR) is 104 cm³/mol. The minimum absolute atomic E-state index is 0.0127. The van der Waals surface area contributed by atoms with Gasteiger partial charge in [0.2, 0.25) is 0 Å². The Morgan fingerprint density at radius 1 is 1.19 bits per heavy atom. The molecular weight excluding hydrogens is 350 g/mol. The normalized spacial score (nSPS) is 23.0. The summed E-state index contributed by atoms with van der Waals surface area (Å²) in [5.41, 5.74) is 1.40. The largest absolute Gasteiger partial charge is 0.347 e. The van der Waals surface area contributed by atoms with Crippen molar-refractivity contribution in [3.63, 3.8) is 0 Å². The second-order valence-corrected chi connectivity index (χ2v) is 10.6. The molecule has 1 atom stereocenters. The van der Waals surface area contributed by atoms with E-state index in [0.717, 1.165) is 31.1 Å². The number of rotatable bonds is 4. The third kappa shape index (κ3) is 6.40. The number of hydrogen-bond acceptors (Lipinski definition) is 4. The van der Waals surface area contributed by atoms with Crippen LogP contribution in [0.5, 0.6) is 0 Å². The Labute approximate surface area is 157 Å². The molecule has 0 spiro atoms. The summed E-state index contributed by atoms with van der Waals surface area (Å²) in [5, 5.41) is 3.17. The maximum Gasteiger partial charge on any atom is 0.264 e. The lowest BCUT2D eigenvalue weighted by molar-refractivity contribution is 0.0865. The highest BCUT2D eigenvalue weighted by atomic mass is 32.2. The molecule has 26 heavy (non-hydrogen) atoms. The third-order valence-corrected chi connectivity index (χ3v) is 5.40. The van der Waals surface area contributed by atoms with E-state index < -0.39 is 10.1 Å². The van der Waals surface area contributed by atoms with Crippen molar-refractivity contribution in [3.05, 3.63) is 35.4 Å². The smallest absolute Gasteiger partial charge is 0.264 e. The zero-order chi connectivity index (χ0) is 19.6. The van der Waals surface area contributed by atoms with E-state index in [-0.39, 0.29) is 29.4 Å². The highest BCUT2D eigenvalue weighted by Gasteiger charge is 2.34. The lowest BCUT2D eigenvalue weighted by Gasteiger charge is -2.39. The van der Waals surface area contributed by atoms with Gasteiger partial charge in [-0.15, -0.1) is 0 Å². The number of amides is 1. The number of hydrogen-bond donors (Lipinski definition) is 1. The number of benzene rings is 1. The Kier molecular flexibility index (Phi) is 6.18. The van der Waals surface area contributed by atoms with Crippen LogP contribution >= 0.6 is 0 Å². The van der Waals surface area contributed by atoms with E-state index in [1.54, 1.807) is 0 Å². The second-order valence-electron chi connectivity index (χ2n) is 8.93. The molecule has 1 aliphatic rings. The Morgan fingerprint density at radius 3 is 2.50 bits per heavy atom. The average molecular weight is 382 g/mol. The molecule has 6 heteroatoms. The van der Waals surface area contributed by atoms with Gasteiger partial charge in [0.05, 0.1) is 12.9 Å². The van der Waals surface area contributed by atoms with Gasteiger partial charge in [-0.25, -0.2) is 0 Å². The van der Waals surface area contributed by atoms with Crippen molar-refractivity contribution in [2.24, 2.45) is 11.3 Å². The first kappa shape index (κ1) is 20.9. The highest BCUT2D eigenvalue weighted by Crippen LogP contribution is 2.37. The van der Waals surface area contributed by atoms with E-state index in [0.29, 0.717) is 12.0 Å². The zero-order valence-corrected chi connectivity index (χ0v) is 17.3. The van der Waals surface area contributed by atoms with E-state index in [9.17, 15) is 13.2 Å². The summed E-state index contributed by atoms with van der Waals surface area (Å²) in [4.78, 5) is 12.8. The zero-order valence-electron chi connectivity index (χ0n) is 16.5. The molecule has 1 N–H and O–H groups in total. The van der Waals surface area contributed by atoms with Gasteiger partial charge in [0.15, 0.2) is 0 Å². The van der Waals surface area contributed by atoms with Gasteiger partial charge in [0.1, 0.15) is 0 Å². The molecular formula is C20H31NO4S. The van der Waals surface area contributed by atoms with Gasteiger partial charge >= 0.3 is 0 Å². The molecule has 2 rings (SSSR count). The van der Waals surface area contributed by atoms with Crippen LogP contribution in [0.15, 0.2) is 24.3 Å². The number of nitrogens with one attached hydrogen (secondary N) is 1. The van der Waals surface area contributed by atoms with Crippen LogP contribution in [-0.4, -0.2) is 32.7 Å². The summed E-state index contributed by atoms with van der Waals surface area (Å²) >= 11 is 0. The van der Waals surface area contributed by atoms with E-state index in [2.05, 4.69) is 33.0 Å². The van der Waals surface area contributed by atoms with E-state index >= 15 is 0 Å². The van der Waals surface area contributed by atoms with Crippen LogP contribution in [0, 0.1) is 11.3 Å². The first-order valence-electron chi connectivity index (χ1n) is 9.12. The predicted octanol–water partition coefficient (Wildman–Crippen LogP) is 3.54. The number of carbonyl (C=O) groups excluding carboxylic acids is 1. The van der Waals surface area contributed by atoms with Crippen LogP contribution < -0.4 is 5.32 Å². The van der Waals surface area contributed by atoms with Crippen LogP contribution in [0.2, 0.25) is 0 Å². The lowest BCUT2D eigenvalue weighted by atomic mass is 9.71.